The van der Waals surface area contributed by atoms with Gasteiger partial charge in [0, 0.05) is 5.92 Å². The average molecular weight is 617 g/mol. The third kappa shape index (κ3) is 8.67. The smallest absolute Gasteiger partial charge is 0.308 e. The van der Waals surface area contributed by atoms with E-state index in [0.29, 0.717) is 26.2 Å². The van der Waals surface area contributed by atoms with Crippen LogP contribution in [0.25, 0.3) is 0 Å². The molecule has 3 unspecified atom stereocenters. The highest BCUT2D eigenvalue weighted by atomic mass is 16.7. The summed E-state index contributed by atoms with van der Waals surface area (Å²) in [5.74, 6) is -1.09. The summed E-state index contributed by atoms with van der Waals surface area (Å²) in [6.45, 7) is 6.92. The molecule has 3 aromatic rings. The second kappa shape index (κ2) is 16.3. The number of ether oxygens (including phenoxy) is 6. The van der Waals surface area contributed by atoms with Gasteiger partial charge in [-0.3, -0.25) is 4.79 Å². The van der Waals surface area contributed by atoms with Gasteiger partial charge in [0.15, 0.2) is 6.29 Å². The quantitative estimate of drug-likeness (QED) is 0.196. The molecule has 9 atom stereocenters. The van der Waals surface area contributed by atoms with E-state index in [1.165, 1.54) is 7.11 Å². The molecule has 8 nitrogen and oxygen atoms in total. The average Bonchev–Trinajstić information content (AvgIpc) is 3.08. The molecule has 2 fully saturated rings. The van der Waals surface area contributed by atoms with E-state index in [4.69, 9.17) is 28.4 Å². The number of carbonyl (C=O) groups is 1. The van der Waals surface area contributed by atoms with E-state index >= 15 is 0 Å². The van der Waals surface area contributed by atoms with Crippen LogP contribution in [0.3, 0.4) is 0 Å². The number of carbonyl (C=O) groups excluding carboxylic acids is 1. The zero-order valence-corrected chi connectivity index (χ0v) is 26.0. The molecule has 1 saturated carbocycles. The van der Waals surface area contributed by atoms with E-state index in [-0.39, 0.29) is 18.3 Å². The summed E-state index contributed by atoms with van der Waals surface area (Å²) in [5, 5.41) is 11.2. The number of aliphatic hydroxyl groups excluding tert-OH is 1. The number of rotatable bonds is 13. The van der Waals surface area contributed by atoms with Gasteiger partial charge in [0.1, 0.15) is 18.3 Å². The van der Waals surface area contributed by atoms with Crippen molar-refractivity contribution in [2.45, 2.75) is 82.5 Å². The van der Waals surface area contributed by atoms with Gasteiger partial charge in [-0.2, -0.15) is 0 Å². The fourth-order valence-corrected chi connectivity index (χ4v) is 6.18. The Balaban J connectivity index is 1.42. The minimum atomic E-state index is -0.935. The van der Waals surface area contributed by atoms with Crippen LogP contribution < -0.4 is 0 Å². The fraction of sp³-hybridized carbons (Fsp3) is 0.432. The largest absolute Gasteiger partial charge is 0.469 e. The Morgan fingerprint density at radius 3 is 1.76 bits per heavy atom. The van der Waals surface area contributed by atoms with E-state index < -0.39 is 48.8 Å². The van der Waals surface area contributed by atoms with Crippen molar-refractivity contribution in [2.75, 3.05) is 7.11 Å². The summed E-state index contributed by atoms with van der Waals surface area (Å²) in [4.78, 5) is 12.3. The molecule has 1 heterocycles. The minimum absolute atomic E-state index is 0.218. The van der Waals surface area contributed by atoms with Gasteiger partial charge in [-0.15, -0.1) is 6.58 Å². The lowest BCUT2D eigenvalue weighted by molar-refractivity contribution is -0.337. The number of methoxy groups -OCH3 is 1. The Kier molecular flexibility index (Phi) is 11.9. The van der Waals surface area contributed by atoms with Crippen LogP contribution in [0.4, 0.5) is 0 Å². The predicted octanol–water partition coefficient (Wildman–Crippen LogP) is 5.62. The van der Waals surface area contributed by atoms with Gasteiger partial charge in [0.05, 0.1) is 51.2 Å². The van der Waals surface area contributed by atoms with Crippen molar-refractivity contribution < 1.29 is 38.3 Å². The van der Waals surface area contributed by atoms with Crippen molar-refractivity contribution in [3.05, 3.63) is 120 Å². The molecule has 45 heavy (non-hydrogen) atoms. The maximum Gasteiger partial charge on any atom is 0.308 e. The summed E-state index contributed by atoms with van der Waals surface area (Å²) in [5.41, 5.74) is 3.04. The molecule has 5 rings (SSSR count). The summed E-state index contributed by atoms with van der Waals surface area (Å²) < 4.78 is 37.9. The number of benzene rings is 3. The van der Waals surface area contributed by atoms with Crippen LogP contribution in [0.1, 0.15) is 36.5 Å². The van der Waals surface area contributed by atoms with Gasteiger partial charge in [-0.05, 0) is 36.5 Å². The van der Waals surface area contributed by atoms with Crippen LogP contribution in [0, 0.1) is 11.8 Å². The Labute approximate surface area is 265 Å². The first-order valence-electron chi connectivity index (χ1n) is 15.6. The molecular weight excluding hydrogens is 572 g/mol. The van der Waals surface area contributed by atoms with Crippen molar-refractivity contribution in [1.29, 1.82) is 0 Å². The standard InChI is InChI=1S/C37H44O8/c1-4-29-20-30(36(39)40-3)21-31(38)33(29)45-37-35(43-24-28-18-12-7-13-19-28)34(42-23-27-16-10-6-11-17-27)32(25(2)44-37)41-22-26-14-8-5-9-15-26/h4-19,25,29-35,37-38H,1,20-24H2,2-3H3/t25-,29?,30?,31+,32-,33+,34+,35-,37?/m0/s1. The van der Waals surface area contributed by atoms with E-state index in [2.05, 4.69) is 6.58 Å². The van der Waals surface area contributed by atoms with E-state index in [1.807, 2.05) is 97.9 Å². The van der Waals surface area contributed by atoms with Crippen molar-refractivity contribution in [2.24, 2.45) is 11.8 Å². The van der Waals surface area contributed by atoms with Crippen molar-refractivity contribution in [1.82, 2.24) is 0 Å². The van der Waals surface area contributed by atoms with Gasteiger partial charge in [-0.25, -0.2) is 0 Å². The summed E-state index contributed by atoms with van der Waals surface area (Å²) in [6.07, 6.45) is -2.29. The third-order valence-corrected chi connectivity index (χ3v) is 8.60. The second-order valence-corrected chi connectivity index (χ2v) is 11.8. The van der Waals surface area contributed by atoms with Gasteiger partial charge in [0.2, 0.25) is 0 Å². The molecule has 1 aliphatic carbocycles. The lowest BCUT2D eigenvalue weighted by Crippen LogP contribution is -2.61. The highest BCUT2D eigenvalue weighted by Crippen LogP contribution is 2.37. The molecule has 0 aromatic heterocycles. The van der Waals surface area contributed by atoms with Crippen molar-refractivity contribution in [3.63, 3.8) is 0 Å². The lowest BCUT2D eigenvalue weighted by Gasteiger charge is -2.47. The van der Waals surface area contributed by atoms with Crippen LogP contribution in [0.15, 0.2) is 104 Å². The van der Waals surface area contributed by atoms with Crippen molar-refractivity contribution >= 4 is 5.97 Å². The molecular formula is C37H44O8. The fourth-order valence-electron chi connectivity index (χ4n) is 6.18. The molecule has 0 radical (unpaired) electrons. The maximum absolute atomic E-state index is 12.3. The first-order valence-corrected chi connectivity index (χ1v) is 15.6. The van der Waals surface area contributed by atoms with Crippen LogP contribution in [-0.4, -0.2) is 61.1 Å². The second-order valence-electron chi connectivity index (χ2n) is 11.8. The van der Waals surface area contributed by atoms with Gasteiger partial charge in [0.25, 0.3) is 0 Å². The Hall–Kier alpha value is -3.37. The van der Waals surface area contributed by atoms with E-state index in [0.717, 1.165) is 16.7 Å². The molecule has 0 spiro atoms. The maximum atomic E-state index is 12.3. The highest BCUT2D eigenvalue weighted by molar-refractivity contribution is 5.72. The SMILES string of the molecule is C=CC1CC(C(=O)OC)C[C@@H](O)[C@@H]1OC1O[C@@H](C)[C@H](OCc2ccccc2)[C@@H](OCc2ccccc2)[C@@H]1OCc1ccccc1. The summed E-state index contributed by atoms with van der Waals surface area (Å²) in [7, 11) is 1.36. The van der Waals surface area contributed by atoms with E-state index in [1.54, 1.807) is 6.08 Å². The molecule has 3 aromatic carbocycles. The predicted molar refractivity (Wildman–Crippen MR) is 169 cm³/mol. The molecule has 0 bridgehead atoms. The van der Waals surface area contributed by atoms with Crippen LogP contribution in [-0.2, 0) is 53.0 Å². The normalized spacial score (nSPS) is 30.0. The first kappa shape index (κ1) is 33.0. The van der Waals surface area contributed by atoms with Crippen molar-refractivity contribution in [3.8, 4) is 0 Å². The third-order valence-electron chi connectivity index (χ3n) is 8.60. The molecule has 2 aliphatic rings. The summed E-state index contributed by atoms with van der Waals surface area (Å²) >= 11 is 0. The molecule has 8 heteroatoms. The lowest BCUT2D eigenvalue weighted by atomic mass is 9.77. The zero-order chi connectivity index (χ0) is 31.6. The number of hydrogen-bond donors (Lipinski definition) is 1. The molecule has 1 saturated heterocycles. The monoisotopic (exact) mass is 616 g/mol. The van der Waals surface area contributed by atoms with Crippen LogP contribution >= 0.6 is 0 Å². The first-order chi connectivity index (χ1) is 22.0. The number of hydrogen-bond acceptors (Lipinski definition) is 8. The van der Waals surface area contributed by atoms with Gasteiger partial charge >= 0.3 is 5.97 Å². The molecule has 0 amide bonds. The zero-order valence-electron chi connectivity index (χ0n) is 26.0. The van der Waals surface area contributed by atoms with Crippen LogP contribution in [0.2, 0.25) is 0 Å². The van der Waals surface area contributed by atoms with Crippen LogP contribution in [0.5, 0.6) is 0 Å². The highest BCUT2D eigenvalue weighted by Gasteiger charge is 2.50. The summed E-state index contributed by atoms with van der Waals surface area (Å²) in [6, 6.07) is 29.8. The van der Waals surface area contributed by atoms with E-state index in [9.17, 15) is 9.90 Å². The topological polar surface area (TPSA) is 92.7 Å². The van der Waals surface area contributed by atoms with Gasteiger partial charge in [-0.1, -0.05) is 97.1 Å². The molecule has 1 N–H and O–H groups in total. The Morgan fingerprint density at radius 1 is 0.778 bits per heavy atom. The molecule has 1 aliphatic heterocycles. The van der Waals surface area contributed by atoms with Gasteiger partial charge < -0.3 is 33.5 Å². The minimum Gasteiger partial charge on any atom is -0.469 e. The Bertz CT molecular complexity index is 1320. The molecule has 240 valence electrons. The Morgan fingerprint density at radius 2 is 1.27 bits per heavy atom. The number of aliphatic hydroxyl groups is 1. The number of esters is 1.